The number of nitrogens with zero attached hydrogens (tertiary/aromatic N) is 1. The van der Waals surface area contributed by atoms with Crippen LogP contribution in [0.4, 0.5) is 5.69 Å². The highest BCUT2D eigenvalue weighted by molar-refractivity contribution is 6.04. The molecule has 1 fully saturated rings. The number of benzene rings is 1. The van der Waals surface area contributed by atoms with Crippen LogP contribution in [0.1, 0.15) is 43.5 Å². The first-order valence-corrected chi connectivity index (χ1v) is 9.64. The fourth-order valence-corrected chi connectivity index (χ4v) is 3.18. The number of carbonyl (C=O) groups is 3. The summed E-state index contributed by atoms with van der Waals surface area (Å²) in [5.41, 5.74) is 6.30. The molecule has 2 unspecified atom stereocenters. The normalized spacial score (nSPS) is 17.2. The van der Waals surface area contributed by atoms with E-state index in [1.54, 1.807) is 29.2 Å². The lowest BCUT2D eigenvalue weighted by molar-refractivity contribution is -0.138. The van der Waals surface area contributed by atoms with Crippen molar-refractivity contribution in [3.05, 3.63) is 29.8 Å². The van der Waals surface area contributed by atoms with E-state index >= 15 is 0 Å². The molecular formula is C20H31ClN4O3. The van der Waals surface area contributed by atoms with E-state index in [0.717, 1.165) is 19.3 Å². The minimum Gasteiger partial charge on any atom is -0.351 e. The number of para-hydroxylation sites is 1. The van der Waals surface area contributed by atoms with E-state index in [1.807, 2.05) is 13.8 Å². The summed E-state index contributed by atoms with van der Waals surface area (Å²) in [6, 6.07) is 6.90. The van der Waals surface area contributed by atoms with Gasteiger partial charge in [0.2, 0.25) is 11.8 Å². The van der Waals surface area contributed by atoms with Crippen LogP contribution in [0, 0.1) is 11.8 Å². The molecule has 3 amide bonds. The van der Waals surface area contributed by atoms with Gasteiger partial charge >= 0.3 is 0 Å². The summed E-state index contributed by atoms with van der Waals surface area (Å²) in [6.07, 6.45) is 2.33. The number of rotatable bonds is 7. The zero-order valence-electron chi connectivity index (χ0n) is 16.6. The maximum absolute atomic E-state index is 12.8. The monoisotopic (exact) mass is 410 g/mol. The molecular weight excluding hydrogens is 380 g/mol. The largest absolute Gasteiger partial charge is 0.351 e. The number of nitrogens with one attached hydrogen (secondary N) is 2. The second-order valence-electron chi connectivity index (χ2n) is 7.01. The molecule has 1 saturated heterocycles. The van der Waals surface area contributed by atoms with E-state index in [1.165, 1.54) is 0 Å². The number of carbonyl (C=O) groups excluding carboxylic acids is 3. The first kappa shape index (κ1) is 23.9. The third-order valence-electron chi connectivity index (χ3n) is 5.00. The van der Waals surface area contributed by atoms with Crippen LogP contribution < -0.4 is 16.4 Å². The van der Waals surface area contributed by atoms with Crippen LogP contribution in [0.5, 0.6) is 0 Å². The van der Waals surface area contributed by atoms with Gasteiger partial charge in [0, 0.05) is 32.1 Å². The van der Waals surface area contributed by atoms with Gasteiger partial charge in [-0.3, -0.25) is 14.4 Å². The molecule has 1 aromatic carbocycles. The van der Waals surface area contributed by atoms with Gasteiger partial charge in [-0.15, -0.1) is 12.4 Å². The van der Waals surface area contributed by atoms with Crippen molar-refractivity contribution < 1.29 is 14.4 Å². The van der Waals surface area contributed by atoms with E-state index < -0.39 is 0 Å². The van der Waals surface area contributed by atoms with Gasteiger partial charge in [-0.05, 0) is 31.4 Å². The Morgan fingerprint density at radius 1 is 1.29 bits per heavy atom. The van der Waals surface area contributed by atoms with Crippen LogP contribution >= 0.6 is 12.4 Å². The molecule has 0 bridgehead atoms. The summed E-state index contributed by atoms with van der Waals surface area (Å²) >= 11 is 0. The number of halogens is 1. The van der Waals surface area contributed by atoms with Gasteiger partial charge in [0.1, 0.15) is 0 Å². The molecule has 7 nitrogen and oxygen atoms in total. The van der Waals surface area contributed by atoms with Gasteiger partial charge in [-0.25, -0.2) is 0 Å². The van der Waals surface area contributed by atoms with Crippen LogP contribution in [-0.2, 0) is 9.59 Å². The summed E-state index contributed by atoms with van der Waals surface area (Å²) < 4.78 is 0. The fourth-order valence-electron chi connectivity index (χ4n) is 3.18. The lowest BCUT2D eigenvalue weighted by atomic mass is 9.95. The molecule has 8 heteroatoms. The zero-order chi connectivity index (χ0) is 19.8. The Labute approximate surface area is 172 Å². The molecule has 2 atom stereocenters. The number of likely N-dealkylation sites (tertiary alicyclic amines) is 1. The Kier molecular flexibility index (Phi) is 9.96. The minimum absolute atomic E-state index is 0. The Hall–Kier alpha value is -2.12. The van der Waals surface area contributed by atoms with Crippen molar-refractivity contribution >= 4 is 35.8 Å². The zero-order valence-corrected chi connectivity index (χ0v) is 17.4. The van der Waals surface area contributed by atoms with Crippen molar-refractivity contribution in [2.75, 3.05) is 31.5 Å². The van der Waals surface area contributed by atoms with Crippen molar-refractivity contribution in [3.63, 3.8) is 0 Å². The molecule has 28 heavy (non-hydrogen) atoms. The highest BCUT2D eigenvalue weighted by atomic mass is 35.5. The number of amides is 3. The SMILES string of the molecule is CCC(C)C(=O)N1CCCC(C(=O)Nc2ccccc2C(=O)NCCN)C1.Cl. The highest BCUT2D eigenvalue weighted by Crippen LogP contribution is 2.22. The molecule has 1 heterocycles. The number of piperidine rings is 1. The first-order valence-electron chi connectivity index (χ1n) is 9.64. The Bertz CT molecular complexity index is 683. The van der Waals surface area contributed by atoms with Crippen LogP contribution in [0.15, 0.2) is 24.3 Å². The van der Waals surface area contributed by atoms with Gasteiger partial charge in [-0.1, -0.05) is 26.0 Å². The van der Waals surface area contributed by atoms with Crippen molar-refractivity contribution in [2.24, 2.45) is 17.6 Å². The van der Waals surface area contributed by atoms with Crippen LogP contribution in [0.3, 0.4) is 0 Å². The van der Waals surface area contributed by atoms with Crippen molar-refractivity contribution in [1.82, 2.24) is 10.2 Å². The average Bonchev–Trinajstić information content (AvgIpc) is 2.71. The smallest absolute Gasteiger partial charge is 0.253 e. The van der Waals surface area contributed by atoms with Gasteiger partial charge in [-0.2, -0.15) is 0 Å². The third-order valence-corrected chi connectivity index (χ3v) is 5.00. The van der Waals surface area contributed by atoms with E-state index in [2.05, 4.69) is 10.6 Å². The predicted molar refractivity (Wildman–Crippen MR) is 112 cm³/mol. The predicted octanol–water partition coefficient (Wildman–Crippen LogP) is 2.02. The Balaban J connectivity index is 0.00000392. The summed E-state index contributed by atoms with van der Waals surface area (Å²) in [7, 11) is 0. The summed E-state index contributed by atoms with van der Waals surface area (Å²) in [6.45, 7) is 5.76. The van der Waals surface area contributed by atoms with Gasteiger partial charge in [0.15, 0.2) is 0 Å². The molecule has 0 aliphatic carbocycles. The van der Waals surface area contributed by atoms with E-state index in [0.29, 0.717) is 37.4 Å². The van der Waals surface area contributed by atoms with Crippen LogP contribution in [-0.4, -0.2) is 48.8 Å². The molecule has 1 aromatic rings. The third kappa shape index (κ3) is 6.21. The molecule has 2 rings (SSSR count). The van der Waals surface area contributed by atoms with E-state index in [9.17, 15) is 14.4 Å². The number of hydrogen-bond donors (Lipinski definition) is 3. The van der Waals surface area contributed by atoms with Crippen molar-refractivity contribution in [1.29, 1.82) is 0 Å². The molecule has 156 valence electrons. The number of nitrogens with two attached hydrogens (primary N) is 1. The second-order valence-corrected chi connectivity index (χ2v) is 7.01. The molecule has 0 saturated carbocycles. The summed E-state index contributed by atoms with van der Waals surface area (Å²) in [4.78, 5) is 39.2. The molecule has 0 spiro atoms. The van der Waals surface area contributed by atoms with Gasteiger partial charge in [0.05, 0.1) is 17.2 Å². The quantitative estimate of drug-likeness (QED) is 0.639. The molecule has 0 radical (unpaired) electrons. The lowest BCUT2D eigenvalue weighted by Gasteiger charge is -2.33. The molecule has 4 N–H and O–H groups in total. The standard InChI is InChI=1S/C20H30N4O3.ClH/c1-3-14(2)20(27)24-12-6-7-15(13-24)18(25)23-17-9-5-4-8-16(17)19(26)22-11-10-21;/h4-5,8-9,14-15H,3,6-7,10-13,21H2,1-2H3,(H,22,26)(H,23,25);1H. The first-order chi connectivity index (χ1) is 13.0. The lowest BCUT2D eigenvalue weighted by Crippen LogP contribution is -2.45. The maximum Gasteiger partial charge on any atom is 0.253 e. The highest BCUT2D eigenvalue weighted by Gasteiger charge is 2.30. The molecule has 1 aliphatic heterocycles. The minimum atomic E-state index is -0.271. The van der Waals surface area contributed by atoms with E-state index in [4.69, 9.17) is 5.73 Å². The van der Waals surface area contributed by atoms with Crippen molar-refractivity contribution in [3.8, 4) is 0 Å². The maximum atomic E-state index is 12.8. The number of hydrogen-bond acceptors (Lipinski definition) is 4. The fraction of sp³-hybridized carbons (Fsp3) is 0.550. The molecule has 1 aliphatic rings. The Morgan fingerprint density at radius 2 is 2.00 bits per heavy atom. The summed E-state index contributed by atoms with van der Waals surface area (Å²) in [5.74, 6) is -0.619. The topological polar surface area (TPSA) is 105 Å². The van der Waals surface area contributed by atoms with Crippen LogP contribution in [0.2, 0.25) is 0 Å². The van der Waals surface area contributed by atoms with Crippen molar-refractivity contribution in [2.45, 2.75) is 33.1 Å². The number of anilines is 1. The average molecular weight is 411 g/mol. The van der Waals surface area contributed by atoms with Crippen LogP contribution in [0.25, 0.3) is 0 Å². The Morgan fingerprint density at radius 3 is 2.68 bits per heavy atom. The van der Waals surface area contributed by atoms with E-state index in [-0.39, 0.29) is 42.0 Å². The molecule has 0 aromatic heterocycles. The second kappa shape index (κ2) is 11.7. The summed E-state index contributed by atoms with van der Waals surface area (Å²) in [5, 5.41) is 5.59. The van der Waals surface area contributed by atoms with Gasteiger partial charge in [0.25, 0.3) is 5.91 Å². The van der Waals surface area contributed by atoms with Gasteiger partial charge < -0.3 is 21.3 Å².